The molecule has 4 aromatic rings. The number of phenols is 1. The van der Waals surface area contributed by atoms with Crippen LogP contribution in [0.3, 0.4) is 0 Å². The third-order valence-corrected chi connectivity index (χ3v) is 7.59. The lowest BCUT2D eigenvalue weighted by molar-refractivity contribution is 0.275. The second kappa shape index (κ2) is 10.0. The Morgan fingerprint density at radius 3 is 2.49 bits per heavy atom. The van der Waals surface area contributed by atoms with E-state index in [0.717, 1.165) is 23.0 Å². The maximum Gasteiger partial charge on any atom is 0.355 e. The van der Waals surface area contributed by atoms with E-state index < -0.39 is 44.2 Å². The molecule has 1 saturated heterocycles. The first-order valence-corrected chi connectivity index (χ1v) is 14.3. The van der Waals surface area contributed by atoms with Crippen molar-refractivity contribution in [3.05, 3.63) is 76.2 Å². The highest BCUT2D eigenvalue weighted by Crippen LogP contribution is 2.36. The van der Waals surface area contributed by atoms with Crippen LogP contribution in [-0.4, -0.2) is 71.9 Å². The summed E-state index contributed by atoms with van der Waals surface area (Å²) in [6, 6.07) is 11.0. The van der Waals surface area contributed by atoms with Gasteiger partial charge in [-0.15, -0.1) is 0 Å². The minimum absolute atomic E-state index is 0.00770. The number of aromatic nitrogens is 3. The molecule has 12 heteroatoms. The number of hydrogen-bond donors (Lipinski definition) is 1. The van der Waals surface area contributed by atoms with Gasteiger partial charge in [0.05, 0.1) is 22.4 Å². The summed E-state index contributed by atoms with van der Waals surface area (Å²) in [7, 11) is -1.39. The minimum atomic E-state index is -3.37. The summed E-state index contributed by atoms with van der Waals surface area (Å²) >= 11 is 0. The van der Waals surface area contributed by atoms with Gasteiger partial charge in [0.25, 0.3) is 0 Å². The topological polar surface area (TPSA) is 109 Å². The van der Waals surface area contributed by atoms with E-state index in [9.17, 15) is 22.7 Å². The first-order chi connectivity index (χ1) is 18.4. The number of likely N-dealkylation sites (N-methyl/N-ethyl adjacent to an activating group) is 1. The molecule has 2 aromatic carbocycles. The SMILES string of the molecule is C[C@@H]1CN(C)CCN1c1nc(=O)n(-c2cccc(CS(C)(=O)=O)c2)c2nc(-c3c(O)cccc3F)c(F)cc12. The zero-order valence-electron chi connectivity index (χ0n) is 21.6. The minimum Gasteiger partial charge on any atom is -0.507 e. The predicted molar refractivity (Wildman–Crippen MR) is 145 cm³/mol. The molecule has 0 saturated carbocycles. The van der Waals surface area contributed by atoms with Crippen molar-refractivity contribution in [2.75, 3.05) is 37.8 Å². The van der Waals surface area contributed by atoms with Crippen LogP contribution in [0.4, 0.5) is 14.6 Å². The average molecular weight is 556 g/mol. The molecule has 0 amide bonds. The third-order valence-electron chi connectivity index (χ3n) is 6.73. The van der Waals surface area contributed by atoms with Gasteiger partial charge in [-0.05, 0) is 49.9 Å². The molecule has 1 N–H and O–H groups in total. The second-order valence-electron chi connectivity index (χ2n) is 9.92. The van der Waals surface area contributed by atoms with Crippen LogP contribution in [0.15, 0.2) is 53.3 Å². The van der Waals surface area contributed by atoms with E-state index in [4.69, 9.17) is 0 Å². The number of sulfone groups is 1. The van der Waals surface area contributed by atoms with E-state index >= 15 is 4.39 Å². The first-order valence-electron chi connectivity index (χ1n) is 12.3. The molecular weight excluding hydrogens is 528 g/mol. The Balaban J connectivity index is 1.82. The van der Waals surface area contributed by atoms with Gasteiger partial charge in [0, 0.05) is 31.9 Å². The molecule has 1 aliphatic rings. The van der Waals surface area contributed by atoms with Crippen molar-refractivity contribution in [3.8, 4) is 22.7 Å². The maximum atomic E-state index is 15.6. The van der Waals surface area contributed by atoms with Gasteiger partial charge in [-0.1, -0.05) is 18.2 Å². The van der Waals surface area contributed by atoms with Crippen LogP contribution >= 0.6 is 0 Å². The Morgan fingerprint density at radius 1 is 1.05 bits per heavy atom. The molecule has 1 atom stereocenters. The Bertz CT molecular complexity index is 1740. The van der Waals surface area contributed by atoms with Crippen molar-refractivity contribution in [3.63, 3.8) is 0 Å². The Kier molecular flexibility index (Phi) is 6.85. The Morgan fingerprint density at radius 2 is 1.79 bits per heavy atom. The molecule has 0 spiro atoms. The van der Waals surface area contributed by atoms with E-state index in [2.05, 4.69) is 14.9 Å². The van der Waals surface area contributed by atoms with Gasteiger partial charge < -0.3 is 14.9 Å². The van der Waals surface area contributed by atoms with E-state index in [1.54, 1.807) is 18.2 Å². The molecule has 9 nitrogen and oxygen atoms in total. The van der Waals surface area contributed by atoms with Crippen LogP contribution < -0.4 is 10.6 Å². The number of halogens is 2. The van der Waals surface area contributed by atoms with Crippen LogP contribution in [0, 0.1) is 11.6 Å². The summed E-state index contributed by atoms with van der Waals surface area (Å²) in [6.07, 6.45) is 1.10. The summed E-state index contributed by atoms with van der Waals surface area (Å²) in [5, 5.41) is 10.6. The smallest absolute Gasteiger partial charge is 0.355 e. The highest BCUT2D eigenvalue weighted by Gasteiger charge is 2.28. The van der Waals surface area contributed by atoms with Gasteiger partial charge in [0.15, 0.2) is 21.3 Å². The molecule has 3 heterocycles. The lowest BCUT2D eigenvalue weighted by Gasteiger charge is -2.39. The van der Waals surface area contributed by atoms with Crippen molar-refractivity contribution in [1.82, 2.24) is 19.4 Å². The lowest BCUT2D eigenvalue weighted by Crippen LogP contribution is -2.51. The van der Waals surface area contributed by atoms with Crippen molar-refractivity contribution in [2.24, 2.45) is 0 Å². The zero-order chi connectivity index (χ0) is 28.1. The van der Waals surface area contributed by atoms with Crippen molar-refractivity contribution < 1.29 is 22.3 Å². The van der Waals surface area contributed by atoms with Gasteiger partial charge in [-0.25, -0.2) is 31.5 Å². The summed E-state index contributed by atoms with van der Waals surface area (Å²) in [4.78, 5) is 26.3. The second-order valence-corrected chi connectivity index (χ2v) is 12.1. The number of aromatic hydroxyl groups is 1. The van der Waals surface area contributed by atoms with Gasteiger partial charge in [-0.2, -0.15) is 4.98 Å². The number of benzene rings is 2. The zero-order valence-corrected chi connectivity index (χ0v) is 22.4. The first kappa shape index (κ1) is 26.7. The summed E-state index contributed by atoms with van der Waals surface area (Å²) in [5.74, 6) is -2.30. The van der Waals surface area contributed by atoms with Gasteiger partial charge >= 0.3 is 5.69 Å². The number of phenolic OH excluding ortho intramolecular Hbond substituents is 1. The molecule has 0 radical (unpaired) electrons. The van der Waals surface area contributed by atoms with Gasteiger partial charge in [0.2, 0.25) is 0 Å². The molecule has 0 unspecified atom stereocenters. The predicted octanol–water partition coefficient (Wildman–Crippen LogP) is 3.12. The Labute approximate surface area is 223 Å². The molecule has 204 valence electrons. The number of anilines is 1. The third kappa shape index (κ3) is 5.21. The number of fused-ring (bicyclic) bond motifs is 1. The lowest BCUT2D eigenvalue weighted by atomic mass is 10.1. The monoisotopic (exact) mass is 555 g/mol. The molecule has 1 fully saturated rings. The van der Waals surface area contributed by atoms with E-state index in [1.165, 1.54) is 18.2 Å². The fourth-order valence-electron chi connectivity index (χ4n) is 5.02. The number of hydrogen-bond acceptors (Lipinski definition) is 8. The van der Waals surface area contributed by atoms with Crippen molar-refractivity contribution in [2.45, 2.75) is 18.7 Å². The number of nitrogens with zero attached hydrogens (tertiary/aromatic N) is 5. The fraction of sp³-hybridized carbons (Fsp3) is 0.296. The molecular formula is C27H27F2N5O4S. The highest BCUT2D eigenvalue weighted by atomic mass is 32.2. The molecule has 1 aliphatic heterocycles. The van der Waals surface area contributed by atoms with E-state index in [0.29, 0.717) is 25.2 Å². The molecule has 0 bridgehead atoms. The van der Waals surface area contributed by atoms with Crippen LogP contribution in [0.1, 0.15) is 12.5 Å². The quantitative estimate of drug-likeness (QED) is 0.400. The summed E-state index contributed by atoms with van der Waals surface area (Å²) < 4.78 is 55.3. The van der Waals surface area contributed by atoms with Crippen LogP contribution in [-0.2, 0) is 15.6 Å². The normalized spacial score (nSPS) is 16.6. The van der Waals surface area contributed by atoms with E-state index in [1.807, 2.05) is 18.9 Å². The molecule has 39 heavy (non-hydrogen) atoms. The van der Waals surface area contributed by atoms with Crippen LogP contribution in [0.25, 0.3) is 28.0 Å². The summed E-state index contributed by atoms with van der Waals surface area (Å²) in [5.41, 5.74) is -0.940. The van der Waals surface area contributed by atoms with Crippen LogP contribution in [0.5, 0.6) is 5.75 Å². The largest absolute Gasteiger partial charge is 0.507 e. The molecule has 0 aliphatic carbocycles. The standard InChI is InChI=1S/C27H27F2N5O4S/c1-16-14-32(2)10-11-33(16)25-19-13-21(29)24(23-20(28)8-5-9-22(23)35)30-26(19)34(27(36)31-25)18-7-4-6-17(12-18)15-39(3,37)38/h4-9,12-13,16,35H,10-11,14-15H2,1-3H3/t16-/m1/s1. The molecule has 2 aromatic heterocycles. The van der Waals surface area contributed by atoms with Gasteiger partial charge in [-0.3, -0.25) is 0 Å². The van der Waals surface area contributed by atoms with Gasteiger partial charge in [0.1, 0.15) is 23.1 Å². The van der Waals surface area contributed by atoms with Crippen LogP contribution in [0.2, 0.25) is 0 Å². The number of rotatable bonds is 5. The highest BCUT2D eigenvalue weighted by molar-refractivity contribution is 7.89. The fourth-order valence-corrected chi connectivity index (χ4v) is 5.81. The van der Waals surface area contributed by atoms with Crippen molar-refractivity contribution in [1.29, 1.82) is 0 Å². The number of piperazine rings is 1. The molecule has 5 rings (SSSR count). The average Bonchev–Trinajstić information content (AvgIpc) is 2.83. The number of pyridine rings is 1. The van der Waals surface area contributed by atoms with Crippen molar-refractivity contribution >= 4 is 26.7 Å². The Hall–Kier alpha value is -3.90. The van der Waals surface area contributed by atoms with E-state index in [-0.39, 0.29) is 34.3 Å². The maximum absolute atomic E-state index is 15.6. The summed E-state index contributed by atoms with van der Waals surface area (Å²) in [6.45, 7) is 3.89.